The van der Waals surface area contributed by atoms with E-state index in [0.29, 0.717) is 0 Å². The van der Waals surface area contributed by atoms with Crippen LogP contribution in [0.25, 0.3) is 0 Å². The second-order valence-electron chi connectivity index (χ2n) is 2.95. The molecule has 0 atom stereocenters. The maximum absolute atomic E-state index is 12.5. The zero-order chi connectivity index (χ0) is 13.2. The van der Waals surface area contributed by atoms with Crippen LogP contribution < -0.4 is 0 Å². The highest BCUT2D eigenvalue weighted by Gasteiger charge is 2.36. The first-order chi connectivity index (χ1) is 7.82. The van der Waals surface area contributed by atoms with Crippen LogP contribution in [-0.4, -0.2) is 4.98 Å². The van der Waals surface area contributed by atoms with Gasteiger partial charge in [-0.3, -0.25) is 4.98 Å². The molecule has 0 N–H and O–H groups in total. The summed E-state index contributed by atoms with van der Waals surface area (Å²) in [4.78, 5) is 3.02. The Morgan fingerprint density at radius 2 is 2.00 bits per heavy atom. The second kappa shape index (κ2) is 4.84. The van der Waals surface area contributed by atoms with E-state index in [4.69, 9.17) is 16.9 Å². The van der Waals surface area contributed by atoms with Gasteiger partial charge in [-0.05, 0) is 0 Å². The standard InChI is InChI=1S/C9H4ClF5N2/c10-1-4-5(2-16)6(9(13,14)15)3-17-7(4)8(11)12/h3,8H,1H2. The van der Waals surface area contributed by atoms with Crippen molar-refractivity contribution in [1.29, 1.82) is 5.26 Å². The molecule has 1 rings (SSSR count). The molecule has 0 unspecified atom stereocenters. The normalized spacial score (nSPS) is 11.6. The molecule has 0 aliphatic rings. The fourth-order valence-corrected chi connectivity index (χ4v) is 1.50. The molecule has 92 valence electrons. The molecule has 0 fully saturated rings. The van der Waals surface area contributed by atoms with Gasteiger partial charge in [-0.15, -0.1) is 11.6 Å². The number of nitrogens with zero attached hydrogens (tertiary/aromatic N) is 2. The fraction of sp³-hybridized carbons (Fsp3) is 0.333. The molecule has 0 aliphatic carbocycles. The van der Waals surface area contributed by atoms with Crippen molar-refractivity contribution in [2.45, 2.75) is 18.5 Å². The quantitative estimate of drug-likeness (QED) is 0.607. The Bertz CT molecular complexity index is 464. The number of nitriles is 1. The Morgan fingerprint density at radius 3 is 2.35 bits per heavy atom. The van der Waals surface area contributed by atoms with E-state index in [0.717, 1.165) is 0 Å². The summed E-state index contributed by atoms with van der Waals surface area (Å²) >= 11 is 5.29. The second-order valence-corrected chi connectivity index (χ2v) is 3.22. The largest absolute Gasteiger partial charge is 0.419 e. The van der Waals surface area contributed by atoms with Gasteiger partial charge in [0.15, 0.2) is 0 Å². The molecule has 0 saturated heterocycles. The van der Waals surface area contributed by atoms with Crippen molar-refractivity contribution in [3.63, 3.8) is 0 Å². The van der Waals surface area contributed by atoms with Gasteiger partial charge in [0.2, 0.25) is 0 Å². The third-order valence-electron chi connectivity index (χ3n) is 1.97. The van der Waals surface area contributed by atoms with E-state index in [9.17, 15) is 22.0 Å². The van der Waals surface area contributed by atoms with Crippen molar-refractivity contribution in [1.82, 2.24) is 4.98 Å². The van der Waals surface area contributed by atoms with Crippen LogP contribution in [0, 0.1) is 11.3 Å². The molecule has 0 bridgehead atoms. The molecule has 0 aromatic carbocycles. The maximum Gasteiger partial charge on any atom is 0.419 e. The molecule has 0 saturated carbocycles. The van der Waals surface area contributed by atoms with E-state index in [1.165, 1.54) is 6.07 Å². The molecule has 0 aliphatic heterocycles. The van der Waals surface area contributed by atoms with Crippen molar-refractivity contribution < 1.29 is 22.0 Å². The van der Waals surface area contributed by atoms with Crippen LogP contribution >= 0.6 is 11.6 Å². The number of alkyl halides is 6. The first-order valence-corrected chi connectivity index (χ1v) is 4.69. The topological polar surface area (TPSA) is 36.7 Å². The summed E-state index contributed by atoms with van der Waals surface area (Å²) in [5, 5.41) is 8.62. The van der Waals surface area contributed by atoms with Crippen LogP contribution in [0.2, 0.25) is 0 Å². The van der Waals surface area contributed by atoms with Gasteiger partial charge in [0.1, 0.15) is 11.8 Å². The average Bonchev–Trinajstić information content (AvgIpc) is 2.25. The lowest BCUT2D eigenvalue weighted by Gasteiger charge is -2.13. The summed E-state index contributed by atoms with van der Waals surface area (Å²) in [6.45, 7) is 0. The molecule has 17 heavy (non-hydrogen) atoms. The minimum absolute atomic E-state index is 0.218. The number of pyridine rings is 1. The molecule has 1 aromatic heterocycles. The number of hydrogen-bond donors (Lipinski definition) is 0. The van der Waals surface area contributed by atoms with Crippen LogP contribution in [0.15, 0.2) is 6.20 Å². The lowest BCUT2D eigenvalue weighted by Crippen LogP contribution is -2.13. The van der Waals surface area contributed by atoms with Gasteiger partial charge in [0, 0.05) is 11.8 Å². The Balaban J connectivity index is 3.56. The molecular weight excluding hydrogens is 267 g/mol. The van der Waals surface area contributed by atoms with Gasteiger partial charge < -0.3 is 0 Å². The molecule has 2 nitrogen and oxygen atoms in total. The van der Waals surface area contributed by atoms with Crippen molar-refractivity contribution in [3.8, 4) is 6.07 Å². The van der Waals surface area contributed by atoms with Crippen LogP contribution in [-0.2, 0) is 12.1 Å². The molecule has 1 aromatic rings. The molecule has 8 heteroatoms. The first kappa shape index (κ1) is 13.6. The Kier molecular flexibility index (Phi) is 3.88. The SMILES string of the molecule is N#Cc1c(C(F)(F)F)cnc(C(F)F)c1CCl. The van der Waals surface area contributed by atoms with Crippen LogP contribution in [0.1, 0.15) is 28.8 Å². The number of hydrogen-bond acceptors (Lipinski definition) is 2. The predicted octanol–water partition coefficient (Wildman–Crippen LogP) is 3.65. The third-order valence-corrected chi connectivity index (χ3v) is 2.24. The van der Waals surface area contributed by atoms with Crippen LogP contribution in [0.5, 0.6) is 0 Å². The van der Waals surface area contributed by atoms with E-state index in [1.54, 1.807) is 0 Å². The van der Waals surface area contributed by atoms with Crippen molar-refractivity contribution >= 4 is 11.6 Å². The lowest BCUT2D eigenvalue weighted by molar-refractivity contribution is -0.138. The highest BCUT2D eigenvalue weighted by atomic mass is 35.5. The summed E-state index contributed by atoms with van der Waals surface area (Å²) in [7, 11) is 0. The van der Waals surface area contributed by atoms with Crippen LogP contribution in [0.4, 0.5) is 22.0 Å². The van der Waals surface area contributed by atoms with Crippen molar-refractivity contribution in [2.75, 3.05) is 0 Å². The van der Waals surface area contributed by atoms with Crippen molar-refractivity contribution in [3.05, 3.63) is 28.6 Å². The van der Waals surface area contributed by atoms with Gasteiger partial charge in [-0.25, -0.2) is 8.78 Å². The molecule has 0 amide bonds. The number of rotatable bonds is 2. The average molecular weight is 271 g/mol. The van der Waals surface area contributed by atoms with Gasteiger partial charge in [-0.2, -0.15) is 18.4 Å². The van der Waals surface area contributed by atoms with Crippen LogP contribution in [0.3, 0.4) is 0 Å². The summed E-state index contributed by atoms with van der Waals surface area (Å²) in [5.74, 6) is -0.639. The summed E-state index contributed by atoms with van der Waals surface area (Å²) in [6, 6.07) is 1.24. The third kappa shape index (κ3) is 2.64. The number of aromatic nitrogens is 1. The summed E-state index contributed by atoms with van der Waals surface area (Å²) in [5.41, 5.74) is -3.75. The molecule has 0 spiro atoms. The highest BCUT2D eigenvalue weighted by Crippen LogP contribution is 2.35. The smallest absolute Gasteiger partial charge is 0.254 e. The predicted molar refractivity (Wildman–Crippen MR) is 48.5 cm³/mol. The molecular formula is C9H4ClF5N2. The maximum atomic E-state index is 12.5. The van der Waals surface area contributed by atoms with Gasteiger partial charge in [-0.1, -0.05) is 0 Å². The van der Waals surface area contributed by atoms with E-state index in [2.05, 4.69) is 4.98 Å². The van der Waals surface area contributed by atoms with E-state index < -0.39 is 40.9 Å². The van der Waals surface area contributed by atoms with E-state index in [1.807, 2.05) is 0 Å². The summed E-state index contributed by atoms with van der Waals surface area (Å²) in [6.07, 6.45) is -7.70. The minimum atomic E-state index is -4.83. The highest BCUT2D eigenvalue weighted by molar-refractivity contribution is 6.17. The zero-order valence-corrected chi connectivity index (χ0v) is 8.78. The lowest BCUT2D eigenvalue weighted by atomic mass is 10.0. The van der Waals surface area contributed by atoms with E-state index >= 15 is 0 Å². The summed E-state index contributed by atoms with van der Waals surface area (Å²) < 4.78 is 62.3. The van der Waals surface area contributed by atoms with Gasteiger partial charge in [0.05, 0.1) is 17.0 Å². The zero-order valence-electron chi connectivity index (χ0n) is 8.02. The number of halogens is 6. The monoisotopic (exact) mass is 270 g/mol. The molecule has 0 radical (unpaired) electrons. The van der Waals surface area contributed by atoms with Gasteiger partial charge >= 0.3 is 6.18 Å². The Morgan fingerprint density at radius 1 is 1.41 bits per heavy atom. The first-order valence-electron chi connectivity index (χ1n) is 4.16. The van der Waals surface area contributed by atoms with Gasteiger partial charge in [0.25, 0.3) is 6.43 Å². The van der Waals surface area contributed by atoms with Crippen molar-refractivity contribution in [2.24, 2.45) is 0 Å². The minimum Gasteiger partial charge on any atom is -0.254 e. The Hall–Kier alpha value is -1.42. The van der Waals surface area contributed by atoms with E-state index in [-0.39, 0.29) is 6.20 Å². The Labute approximate surface area is 97.6 Å². The molecule has 1 heterocycles. The fourth-order valence-electron chi connectivity index (χ4n) is 1.23.